The van der Waals surface area contributed by atoms with Crippen LogP contribution in [0.2, 0.25) is 0 Å². The molecule has 3 heteroatoms. The maximum absolute atomic E-state index is 13.3. The Labute approximate surface area is 108 Å². The number of ether oxygens (including phenoxy) is 1. The third-order valence-electron chi connectivity index (χ3n) is 3.52. The second kappa shape index (κ2) is 6.19. The number of rotatable bonds is 3. The van der Waals surface area contributed by atoms with E-state index in [9.17, 15) is 9.50 Å². The molecule has 2 nitrogen and oxygen atoms in total. The van der Waals surface area contributed by atoms with Crippen LogP contribution in [0, 0.1) is 5.82 Å². The van der Waals surface area contributed by atoms with Crippen molar-refractivity contribution in [2.24, 2.45) is 0 Å². The van der Waals surface area contributed by atoms with Gasteiger partial charge in [-0.3, -0.25) is 0 Å². The molecule has 0 saturated heterocycles. The van der Waals surface area contributed by atoms with Crippen molar-refractivity contribution in [1.82, 2.24) is 0 Å². The van der Waals surface area contributed by atoms with Crippen molar-refractivity contribution in [2.45, 2.75) is 57.7 Å². The molecule has 1 aliphatic carbocycles. The van der Waals surface area contributed by atoms with Crippen molar-refractivity contribution in [2.75, 3.05) is 0 Å². The number of hydrogen-bond donors (Lipinski definition) is 1. The molecule has 1 N–H and O–H groups in total. The Morgan fingerprint density at radius 2 is 1.89 bits per heavy atom. The highest BCUT2D eigenvalue weighted by atomic mass is 19.1. The minimum absolute atomic E-state index is 0.159. The molecule has 0 amide bonds. The van der Waals surface area contributed by atoms with Gasteiger partial charge < -0.3 is 9.84 Å². The third kappa shape index (κ3) is 3.45. The molecule has 1 saturated carbocycles. The molecule has 1 atom stereocenters. The standard InChI is InChI=1S/C15H21FO2/c1-11(17)14-9-8-12(16)10-15(14)18-13-6-4-2-3-5-7-13/h8-11,13,17H,2-7H2,1H3/t11-/m1/s1. The van der Waals surface area contributed by atoms with Crippen LogP contribution in [0.25, 0.3) is 0 Å². The molecule has 18 heavy (non-hydrogen) atoms. The van der Waals surface area contributed by atoms with Gasteiger partial charge in [0.25, 0.3) is 0 Å². The van der Waals surface area contributed by atoms with Crippen LogP contribution in [-0.4, -0.2) is 11.2 Å². The van der Waals surface area contributed by atoms with Crippen molar-refractivity contribution in [1.29, 1.82) is 0 Å². The highest BCUT2D eigenvalue weighted by molar-refractivity contribution is 5.35. The Bertz CT molecular complexity index is 382. The van der Waals surface area contributed by atoms with Crippen molar-refractivity contribution in [3.63, 3.8) is 0 Å². The van der Waals surface area contributed by atoms with Crippen LogP contribution in [0.1, 0.15) is 57.1 Å². The number of hydrogen-bond acceptors (Lipinski definition) is 2. The first-order valence-corrected chi connectivity index (χ1v) is 6.81. The number of aliphatic hydroxyl groups is 1. The van der Waals surface area contributed by atoms with Crippen LogP contribution in [-0.2, 0) is 0 Å². The summed E-state index contributed by atoms with van der Waals surface area (Å²) in [5, 5.41) is 9.68. The van der Waals surface area contributed by atoms with Gasteiger partial charge in [0.2, 0.25) is 0 Å². The summed E-state index contributed by atoms with van der Waals surface area (Å²) in [5.41, 5.74) is 0.667. The fraction of sp³-hybridized carbons (Fsp3) is 0.600. The number of benzene rings is 1. The van der Waals surface area contributed by atoms with Crippen molar-refractivity contribution >= 4 is 0 Å². The van der Waals surface area contributed by atoms with E-state index < -0.39 is 6.10 Å². The quantitative estimate of drug-likeness (QED) is 0.824. The van der Waals surface area contributed by atoms with Gasteiger partial charge in [-0.2, -0.15) is 0 Å². The van der Waals surface area contributed by atoms with E-state index in [-0.39, 0.29) is 11.9 Å². The van der Waals surface area contributed by atoms with E-state index in [1.54, 1.807) is 13.0 Å². The summed E-state index contributed by atoms with van der Waals surface area (Å²) in [6.45, 7) is 1.67. The third-order valence-corrected chi connectivity index (χ3v) is 3.52. The van der Waals surface area contributed by atoms with Crippen molar-refractivity contribution in [3.8, 4) is 5.75 Å². The second-order valence-electron chi connectivity index (χ2n) is 5.09. The van der Waals surface area contributed by atoms with E-state index in [1.807, 2.05) is 0 Å². The van der Waals surface area contributed by atoms with E-state index in [1.165, 1.54) is 37.8 Å². The molecular weight excluding hydrogens is 231 g/mol. The highest BCUT2D eigenvalue weighted by Crippen LogP contribution is 2.29. The van der Waals surface area contributed by atoms with Crippen LogP contribution in [0.4, 0.5) is 4.39 Å². The van der Waals surface area contributed by atoms with Gasteiger partial charge in [-0.25, -0.2) is 4.39 Å². The van der Waals surface area contributed by atoms with Gasteiger partial charge >= 0.3 is 0 Å². The maximum Gasteiger partial charge on any atom is 0.128 e. The molecule has 100 valence electrons. The van der Waals surface area contributed by atoms with Crippen LogP contribution < -0.4 is 4.74 Å². The predicted octanol–water partition coefficient (Wildman–Crippen LogP) is 3.98. The summed E-state index contributed by atoms with van der Waals surface area (Å²) in [5.74, 6) is 0.180. The Balaban J connectivity index is 2.13. The first-order chi connectivity index (χ1) is 8.66. The summed E-state index contributed by atoms with van der Waals surface area (Å²) in [6.07, 6.45) is 6.43. The molecule has 1 aromatic rings. The Morgan fingerprint density at radius 1 is 1.22 bits per heavy atom. The summed E-state index contributed by atoms with van der Waals surface area (Å²) in [6, 6.07) is 4.35. The highest BCUT2D eigenvalue weighted by Gasteiger charge is 2.17. The molecule has 1 fully saturated rings. The largest absolute Gasteiger partial charge is 0.490 e. The second-order valence-corrected chi connectivity index (χ2v) is 5.09. The molecule has 0 radical (unpaired) electrons. The smallest absolute Gasteiger partial charge is 0.128 e. The zero-order valence-electron chi connectivity index (χ0n) is 10.9. The Kier molecular flexibility index (Phi) is 4.59. The molecule has 0 spiro atoms. The fourth-order valence-electron chi connectivity index (χ4n) is 2.49. The predicted molar refractivity (Wildman–Crippen MR) is 69.2 cm³/mol. The van der Waals surface area contributed by atoms with Gasteiger partial charge in [-0.05, 0) is 44.7 Å². The molecule has 0 bridgehead atoms. The zero-order chi connectivity index (χ0) is 13.0. The van der Waals surface area contributed by atoms with Gasteiger partial charge in [0.05, 0.1) is 12.2 Å². The molecule has 0 aliphatic heterocycles. The average Bonchev–Trinajstić information content (AvgIpc) is 2.57. The number of aliphatic hydroxyl groups excluding tert-OH is 1. The van der Waals surface area contributed by atoms with Gasteiger partial charge in [-0.1, -0.05) is 12.8 Å². The average molecular weight is 252 g/mol. The minimum Gasteiger partial charge on any atom is -0.490 e. The lowest BCUT2D eigenvalue weighted by Crippen LogP contribution is -2.16. The SMILES string of the molecule is C[C@@H](O)c1ccc(F)cc1OC1CCCCCC1. The van der Waals surface area contributed by atoms with E-state index in [0.717, 1.165) is 12.8 Å². The molecule has 1 aliphatic rings. The fourth-order valence-corrected chi connectivity index (χ4v) is 2.49. The molecule has 0 unspecified atom stereocenters. The molecule has 0 aromatic heterocycles. The molecule has 2 rings (SSSR count). The van der Waals surface area contributed by atoms with Crippen LogP contribution in [0.5, 0.6) is 5.75 Å². The first kappa shape index (κ1) is 13.3. The van der Waals surface area contributed by atoms with Gasteiger partial charge in [0, 0.05) is 11.6 Å². The van der Waals surface area contributed by atoms with Gasteiger partial charge in [0.15, 0.2) is 0 Å². The summed E-state index contributed by atoms with van der Waals surface area (Å²) in [7, 11) is 0. The summed E-state index contributed by atoms with van der Waals surface area (Å²) in [4.78, 5) is 0. The van der Waals surface area contributed by atoms with Crippen molar-refractivity contribution < 1.29 is 14.2 Å². The van der Waals surface area contributed by atoms with Crippen molar-refractivity contribution in [3.05, 3.63) is 29.6 Å². The van der Waals surface area contributed by atoms with E-state index >= 15 is 0 Å². The zero-order valence-corrected chi connectivity index (χ0v) is 10.9. The number of halogens is 1. The topological polar surface area (TPSA) is 29.5 Å². The van der Waals surface area contributed by atoms with Crippen LogP contribution in [0.15, 0.2) is 18.2 Å². The monoisotopic (exact) mass is 252 g/mol. The normalized spacial score (nSPS) is 19.3. The van der Waals surface area contributed by atoms with E-state index in [0.29, 0.717) is 11.3 Å². The lowest BCUT2D eigenvalue weighted by Gasteiger charge is -2.20. The summed E-state index contributed by atoms with van der Waals surface area (Å²) >= 11 is 0. The lowest BCUT2D eigenvalue weighted by molar-refractivity contribution is 0.161. The van der Waals surface area contributed by atoms with Gasteiger partial charge in [0.1, 0.15) is 11.6 Å². The van der Waals surface area contributed by atoms with E-state index in [4.69, 9.17) is 4.74 Å². The lowest BCUT2D eigenvalue weighted by atomic mass is 10.1. The van der Waals surface area contributed by atoms with Crippen LogP contribution in [0.3, 0.4) is 0 Å². The molecular formula is C15H21FO2. The molecule has 0 heterocycles. The first-order valence-electron chi connectivity index (χ1n) is 6.81. The Hall–Kier alpha value is -1.09. The molecule has 1 aromatic carbocycles. The maximum atomic E-state index is 13.3. The summed E-state index contributed by atoms with van der Waals surface area (Å²) < 4.78 is 19.2. The van der Waals surface area contributed by atoms with E-state index in [2.05, 4.69) is 0 Å². The Morgan fingerprint density at radius 3 is 2.50 bits per heavy atom. The van der Waals surface area contributed by atoms with Gasteiger partial charge in [-0.15, -0.1) is 0 Å². The van der Waals surface area contributed by atoms with Crippen LogP contribution >= 0.6 is 0 Å². The minimum atomic E-state index is -0.633.